The molecule has 198 valence electrons. The summed E-state index contributed by atoms with van der Waals surface area (Å²) in [7, 11) is 0. The summed E-state index contributed by atoms with van der Waals surface area (Å²) in [5, 5.41) is 9.70. The van der Waals surface area contributed by atoms with E-state index in [4.69, 9.17) is 4.74 Å². The van der Waals surface area contributed by atoms with Crippen LogP contribution in [0.25, 0.3) is 0 Å². The summed E-state index contributed by atoms with van der Waals surface area (Å²) >= 11 is 0. The third-order valence-electron chi connectivity index (χ3n) is 13.0. The first kappa shape index (κ1) is 25.8. The Morgan fingerprint density at radius 3 is 2.37 bits per heavy atom. The van der Waals surface area contributed by atoms with E-state index in [1.165, 1.54) is 51.4 Å². The van der Waals surface area contributed by atoms with Gasteiger partial charge in [-0.15, -0.1) is 0 Å². The highest BCUT2D eigenvalue weighted by atomic mass is 16.5. The molecule has 3 fully saturated rings. The molecular formula is C32H52O3. The first-order valence-electron chi connectivity index (χ1n) is 14.9. The largest absolute Gasteiger partial charge is 0.462 e. The van der Waals surface area contributed by atoms with Crippen molar-refractivity contribution in [3.05, 3.63) is 11.1 Å². The van der Waals surface area contributed by atoms with Crippen molar-refractivity contribution in [2.45, 2.75) is 138 Å². The van der Waals surface area contributed by atoms with Crippen LogP contribution in [-0.4, -0.2) is 23.3 Å². The van der Waals surface area contributed by atoms with Crippen LogP contribution in [0.4, 0.5) is 0 Å². The normalized spacial score (nSPS) is 47.3. The van der Waals surface area contributed by atoms with Crippen molar-refractivity contribution >= 4 is 5.97 Å². The van der Waals surface area contributed by atoms with Crippen molar-refractivity contribution < 1.29 is 14.6 Å². The van der Waals surface area contributed by atoms with Crippen molar-refractivity contribution in [2.24, 2.45) is 45.3 Å². The fourth-order valence-corrected chi connectivity index (χ4v) is 10.7. The molecule has 0 heterocycles. The maximum atomic E-state index is 11.8. The molecule has 35 heavy (non-hydrogen) atoms. The van der Waals surface area contributed by atoms with Gasteiger partial charge >= 0.3 is 5.97 Å². The van der Waals surface area contributed by atoms with Gasteiger partial charge in [0.1, 0.15) is 6.10 Å². The molecule has 5 rings (SSSR count). The summed E-state index contributed by atoms with van der Waals surface area (Å²) in [5.74, 6) is 2.85. The van der Waals surface area contributed by atoms with E-state index < -0.39 is 0 Å². The van der Waals surface area contributed by atoms with E-state index in [9.17, 15) is 9.90 Å². The van der Waals surface area contributed by atoms with Gasteiger partial charge in [-0.25, -0.2) is 0 Å². The molecule has 0 aromatic carbocycles. The number of allylic oxidation sites excluding steroid dienone is 2. The van der Waals surface area contributed by atoms with Gasteiger partial charge in [0.2, 0.25) is 0 Å². The SMILES string of the molecule is CC(=O)O[C@H]1CC[C@]2(C)C3=C(CC[C@H]2C1(C)C)[C@]1(C)CC[C@H]([C@H](C)CCC2CC(O)C2)[C@@]1(C)CC3. The van der Waals surface area contributed by atoms with Crippen LogP contribution < -0.4 is 0 Å². The highest BCUT2D eigenvalue weighted by Gasteiger charge is 2.63. The number of esters is 1. The molecule has 0 aromatic rings. The Bertz CT molecular complexity index is 881. The molecule has 7 atom stereocenters. The minimum Gasteiger partial charge on any atom is -0.462 e. The average molecular weight is 485 g/mol. The first-order chi connectivity index (χ1) is 16.3. The van der Waals surface area contributed by atoms with Crippen molar-refractivity contribution in [3.63, 3.8) is 0 Å². The average Bonchev–Trinajstić information content (AvgIpc) is 3.04. The molecule has 0 unspecified atom stereocenters. The second kappa shape index (κ2) is 8.60. The van der Waals surface area contributed by atoms with Gasteiger partial charge in [-0.3, -0.25) is 4.79 Å². The van der Waals surface area contributed by atoms with Gasteiger partial charge in [-0.2, -0.15) is 0 Å². The summed E-state index contributed by atoms with van der Waals surface area (Å²) < 4.78 is 5.87. The maximum absolute atomic E-state index is 11.8. The fraction of sp³-hybridized carbons (Fsp3) is 0.906. The lowest BCUT2D eigenvalue weighted by molar-refractivity contribution is -0.167. The highest BCUT2D eigenvalue weighted by molar-refractivity contribution is 5.66. The Balaban J connectivity index is 1.38. The quantitative estimate of drug-likeness (QED) is 0.319. The lowest BCUT2D eigenvalue weighted by atomic mass is 9.43. The first-order valence-corrected chi connectivity index (χ1v) is 14.9. The molecule has 0 saturated heterocycles. The smallest absolute Gasteiger partial charge is 0.302 e. The molecule has 0 amide bonds. The zero-order chi connectivity index (χ0) is 25.4. The van der Waals surface area contributed by atoms with Gasteiger partial charge < -0.3 is 9.84 Å². The number of rotatable bonds is 5. The minimum absolute atomic E-state index is 0.0168. The zero-order valence-corrected chi connectivity index (χ0v) is 23.7. The van der Waals surface area contributed by atoms with E-state index in [-0.39, 0.29) is 29.0 Å². The highest BCUT2D eigenvalue weighted by Crippen LogP contribution is 2.72. The van der Waals surface area contributed by atoms with E-state index in [0.29, 0.717) is 16.7 Å². The van der Waals surface area contributed by atoms with Gasteiger partial charge in [-0.05, 0) is 111 Å². The Morgan fingerprint density at radius 1 is 1.00 bits per heavy atom. The predicted molar refractivity (Wildman–Crippen MR) is 142 cm³/mol. The molecule has 5 aliphatic rings. The maximum Gasteiger partial charge on any atom is 0.302 e. The molecule has 0 radical (unpaired) electrons. The van der Waals surface area contributed by atoms with E-state index >= 15 is 0 Å². The second-order valence-corrected chi connectivity index (χ2v) is 14.9. The number of fused-ring (bicyclic) bond motifs is 4. The van der Waals surface area contributed by atoms with Gasteiger partial charge in [0, 0.05) is 12.3 Å². The lowest BCUT2D eigenvalue weighted by Gasteiger charge is -2.62. The Morgan fingerprint density at radius 2 is 1.71 bits per heavy atom. The summed E-state index contributed by atoms with van der Waals surface area (Å²) in [6.07, 6.45) is 14.8. The van der Waals surface area contributed by atoms with Crippen molar-refractivity contribution in [2.75, 3.05) is 0 Å². The molecule has 3 nitrogen and oxygen atoms in total. The molecule has 3 saturated carbocycles. The molecule has 0 spiro atoms. The number of aliphatic hydroxyl groups excluding tert-OH is 1. The summed E-state index contributed by atoms with van der Waals surface area (Å²) in [6, 6.07) is 0. The molecule has 3 heteroatoms. The van der Waals surface area contributed by atoms with Gasteiger partial charge in [0.15, 0.2) is 0 Å². The number of carbonyl (C=O) groups is 1. The summed E-state index contributed by atoms with van der Waals surface area (Å²) in [5.41, 5.74) is 4.71. The zero-order valence-electron chi connectivity index (χ0n) is 23.7. The van der Waals surface area contributed by atoms with Crippen LogP contribution in [0.2, 0.25) is 0 Å². The van der Waals surface area contributed by atoms with Crippen LogP contribution in [0.5, 0.6) is 0 Å². The van der Waals surface area contributed by atoms with Crippen LogP contribution in [0.15, 0.2) is 11.1 Å². The topological polar surface area (TPSA) is 46.5 Å². The van der Waals surface area contributed by atoms with Crippen LogP contribution >= 0.6 is 0 Å². The molecule has 0 bridgehead atoms. The van der Waals surface area contributed by atoms with E-state index in [1.54, 1.807) is 6.92 Å². The van der Waals surface area contributed by atoms with Gasteiger partial charge in [0.25, 0.3) is 0 Å². The van der Waals surface area contributed by atoms with Crippen LogP contribution in [0.3, 0.4) is 0 Å². The molecule has 0 aliphatic heterocycles. The Hall–Kier alpha value is -0.830. The van der Waals surface area contributed by atoms with E-state index in [2.05, 4.69) is 41.5 Å². The third-order valence-corrected chi connectivity index (χ3v) is 13.0. The molecule has 1 N–H and O–H groups in total. The van der Waals surface area contributed by atoms with Crippen molar-refractivity contribution in [1.82, 2.24) is 0 Å². The Labute approximate surface area is 214 Å². The minimum atomic E-state index is -0.122. The molecular weight excluding hydrogens is 432 g/mol. The standard InChI is InChI=1S/C32H52O3/c1-20(8-9-22-18-23(34)19-22)24-12-16-32(7)26-10-11-27-29(3,4)28(35-21(2)33)14-15-30(27,5)25(26)13-17-31(24,32)6/h20,22-24,27-28,34H,8-19H2,1-7H3/t20-,22?,23?,24-,27+,28+,30-,31-,32+/m1/s1. The van der Waals surface area contributed by atoms with Crippen LogP contribution in [-0.2, 0) is 9.53 Å². The van der Waals surface area contributed by atoms with Crippen LogP contribution in [0.1, 0.15) is 126 Å². The van der Waals surface area contributed by atoms with Gasteiger partial charge in [-0.1, -0.05) is 59.1 Å². The van der Waals surface area contributed by atoms with E-state index in [1.807, 2.05) is 11.1 Å². The Kier molecular flexibility index (Phi) is 6.34. The number of carbonyl (C=O) groups excluding carboxylic acids is 1. The number of ether oxygens (including phenoxy) is 1. The summed E-state index contributed by atoms with van der Waals surface area (Å²) in [4.78, 5) is 11.8. The van der Waals surface area contributed by atoms with Crippen molar-refractivity contribution in [3.8, 4) is 0 Å². The fourth-order valence-electron chi connectivity index (χ4n) is 10.7. The number of hydrogen-bond donors (Lipinski definition) is 1. The second-order valence-electron chi connectivity index (χ2n) is 14.9. The lowest BCUT2D eigenvalue weighted by Crippen LogP contribution is -2.55. The monoisotopic (exact) mass is 484 g/mol. The van der Waals surface area contributed by atoms with E-state index in [0.717, 1.165) is 43.4 Å². The molecule has 5 aliphatic carbocycles. The predicted octanol–water partition coefficient (Wildman–Crippen LogP) is 7.85. The van der Waals surface area contributed by atoms with Crippen molar-refractivity contribution in [1.29, 1.82) is 0 Å². The number of hydrogen-bond acceptors (Lipinski definition) is 3. The van der Waals surface area contributed by atoms with Crippen LogP contribution in [0, 0.1) is 45.3 Å². The molecule has 0 aromatic heterocycles. The third kappa shape index (κ3) is 3.79. The van der Waals surface area contributed by atoms with Gasteiger partial charge in [0.05, 0.1) is 6.10 Å². The number of aliphatic hydroxyl groups is 1. The summed E-state index contributed by atoms with van der Waals surface area (Å²) in [6.45, 7) is 16.7.